The summed E-state index contributed by atoms with van der Waals surface area (Å²) in [7, 11) is 0. The zero-order valence-electron chi connectivity index (χ0n) is 11.4. The van der Waals surface area contributed by atoms with Gasteiger partial charge in [-0.1, -0.05) is 45.0 Å². The molecule has 1 N–H and O–H groups in total. The van der Waals surface area contributed by atoms with E-state index in [9.17, 15) is 4.79 Å². The quantitative estimate of drug-likeness (QED) is 0.921. The maximum absolute atomic E-state index is 10.8. The average molecular weight is 258 g/mol. The molecule has 0 amide bonds. The third-order valence-corrected chi connectivity index (χ3v) is 3.04. The van der Waals surface area contributed by atoms with Gasteiger partial charge in [0.2, 0.25) is 0 Å². The van der Waals surface area contributed by atoms with Crippen LogP contribution in [0.25, 0.3) is 0 Å². The first-order valence-corrected chi connectivity index (χ1v) is 6.21. The van der Waals surface area contributed by atoms with E-state index in [2.05, 4.69) is 50.1 Å². The van der Waals surface area contributed by atoms with Gasteiger partial charge in [-0.25, -0.2) is 4.79 Å². The van der Waals surface area contributed by atoms with Crippen molar-refractivity contribution < 1.29 is 9.90 Å². The molecule has 2 aromatic rings. The highest BCUT2D eigenvalue weighted by atomic mass is 16.4. The molecule has 4 heteroatoms. The van der Waals surface area contributed by atoms with E-state index in [1.807, 2.05) is 0 Å². The van der Waals surface area contributed by atoms with Gasteiger partial charge in [-0.05, 0) is 16.5 Å². The number of hydrogen-bond acceptors (Lipinski definition) is 2. The molecule has 19 heavy (non-hydrogen) atoms. The van der Waals surface area contributed by atoms with Crippen molar-refractivity contribution in [1.82, 2.24) is 9.78 Å². The summed E-state index contributed by atoms with van der Waals surface area (Å²) in [6, 6.07) is 8.33. The molecule has 1 aromatic carbocycles. The normalized spacial score (nSPS) is 11.5. The van der Waals surface area contributed by atoms with Crippen molar-refractivity contribution in [2.45, 2.75) is 32.7 Å². The minimum atomic E-state index is -0.950. The number of benzene rings is 1. The fraction of sp³-hybridized carbons (Fsp3) is 0.333. The van der Waals surface area contributed by atoms with E-state index in [1.165, 1.54) is 11.8 Å². The van der Waals surface area contributed by atoms with E-state index in [-0.39, 0.29) is 11.0 Å². The second-order valence-electron chi connectivity index (χ2n) is 5.68. The van der Waals surface area contributed by atoms with E-state index >= 15 is 0 Å². The Kier molecular flexibility index (Phi) is 3.42. The molecule has 0 aliphatic heterocycles. The van der Waals surface area contributed by atoms with E-state index in [1.54, 1.807) is 10.9 Å². The molecule has 0 atom stereocenters. The van der Waals surface area contributed by atoms with Gasteiger partial charge in [-0.2, -0.15) is 5.10 Å². The minimum Gasteiger partial charge on any atom is -0.478 e. The van der Waals surface area contributed by atoms with Crippen molar-refractivity contribution in [1.29, 1.82) is 0 Å². The van der Waals surface area contributed by atoms with Gasteiger partial charge in [0, 0.05) is 6.20 Å². The Hall–Kier alpha value is -2.10. The summed E-state index contributed by atoms with van der Waals surface area (Å²) in [6.07, 6.45) is 2.91. The minimum absolute atomic E-state index is 0.140. The number of rotatable bonds is 3. The maximum Gasteiger partial charge on any atom is 0.338 e. The summed E-state index contributed by atoms with van der Waals surface area (Å²) < 4.78 is 1.63. The molecule has 1 aromatic heterocycles. The first kappa shape index (κ1) is 13.3. The van der Waals surface area contributed by atoms with Crippen molar-refractivity contribution in [3.63, 3.8) is 0 Å². The van der Waals surface area contributed by atoms with Crippen LogP contribution in [0.3, 0.4) is 0 Å². The number of hydrogen-bond donors (Lipinski definition) is 1. The van der Waals surface area contributed by atoms with Crippen LogP contribution in [0.4, 0.5) is 0 Å². The first-order chi connectivity index (χ1) is 8.86. The summed E-state index contributed by atoms with van der Waals surface area (Å²) in [4.78, 5) is 10.8. The SMILES string of the molecule is CC(C)(C)c1ccc(Cn2cc(C(=O)O)cn2)cc1. The van der Waals surface area contributed by atoms with Crippen LogP contribution in [0.15, 0.2) is 36.7 Å². The monoisotopic (exact) mass is 258 g/mol. The van der Waals surface area contributed by atoms with E-state index < -0.39 is 5.97 Å². The molecule has 0 spiro atoms. The van der Waals surface area contributed by atoms with Gasteiger partial charge >= 0.3 is 5.97 Å². The summed E-state index contributed by atoms with van der Waals surface area (Å²) in [5, 5.41) is 12.9. The zero-order chi connectivity index (χ0) is 14.0. The molecule has 0 fully saturated rings. The zero-order valence-corrected chi connectivity index (χ0v) is 11.4. The van der Waals surface area contributed by atoms with Gasteiger partial charge in [-0.3, -0.25) is 4.68 Å². The van der Waals surface area contributed by atoms with Gasteiger partial charge in [0.15, 0.2) is 0 Å². The summed E-state index contributed by atoms with van der Waals surface area (Å²) in [6.45, 7) is 7.11. The molecule has 0 unspecified atom stereocenters. The predicted molar refractivity (Wildman–Crippen MR) is 73.4 cm³/mol. The molecule has 1 heterocycles. The van der Waals surface area contributed by atoms with Crippen LogP contribution in [-0.4, -0.2) is 20.9 Å². The molecular formula is C15H18N2O2. The molecule has 0 bridgehead atoms. The number of carbonyl (C=O) groups is 1. The molecular weight excluding hydrogens is 240 g/mol. The molecule has 4 nitrogen and oxygen atoms in total. The van der Waals surface area contributed by atoms with E-state index in [0.717, 1.165) is 5.56 Å². The van der Waals surface area contributed by atoms with Crippen molar-refractivity contribution in [2.75, 3.05) is 0 Å². The fourth-order valence-corrected chi connectivity index (χ4v) is 1.86. The van der Waals surface area contributed by atoms with Crippen LogP contribution in [0.1, 0.15) is 42.3 Å². The van der Waals surface area contributed by atoms with Crippen LogP contribution in [0.2, 0.25) is 0 Å². The lowest BCUT2D eigenvalue weighted by Gasteiger charge is -2.19. The topological polar surface area (TPSA) is 55.1 Å². The number of aromatic nitrogens is 2. The Morgan fingerprint density at radius 2 is 1.89 bits per heavy atom. The van der Waals surface area contributed by atoms with E-state index in [4.69, 9.17) is 5.11 Å². The molecule has 0 saturated heterocycles. The predicted octanol–water partition coefficient (Wildman–Crippen LogP) is 2.93. The third kappa shape index (κ3) is 3.22. The average Bonchev–Trinajstić information content (AvgIpc) is 2.77. The van der Waals surface area contributed by atoms with Gasteiger partial charge in [0.1, 0.15) is 0 Å². The van der Waals surface area contributed by atoms with E-state index in [0.29, 0.717) is 6.54 Å². The van der Waals surface area contributed by atoms with Crippen molar-refractivity contribution in [3.05, 3.63) is 53.3 Å². The third-order valence-electron chi connectivity index (χ3n) is 3.04. The largest absolute Gasteiger partial charge is 0.478 e. The van der Waals surface area contributed by atoms with Gasteiger partial charge in [0.25, 0.3) is 0 Å². The molecule has 0 aliphatic rings. The van der Waals surface area contributed by atoms with Crippen molar-refractivity contribution in [3.8, 4) is 0 Å². The smallest absolute Gasteiger partial charge is 0.338 e. The Morgan fingerprint density at radius 1 is 1.26 bits per heavy atom. The highest BCUT2D eigenvalue weighted by Gasteiger charge is 2.13. The van der Waals surface area contributed by atoms with Crippen LogP contribution < -0.4 is 0 Å². The van der Waals surface area contributed by atoms with Gasteiger partial charge < -0.3 is 5.11 Å². The number of carboxylic acid groups (broad SMARTS) is 1. The maximum atomic E-state index is 10.8. The molecule has 0 aliphatic carbocycles. The van der Waals surface area contributed by atoms with Crippen LogP contribution in [0, 0.1) is 0 Å². The summed E-state index contributed by atoms with van der Waals surface area (Å²) in [5.74, 6) is -0.950. The lowest BCUT2D eigenvalue weighted by molar-refractivity contribution is 0.0697. The van der Waals surface area contributed by atoms with Crippen LogP contribution in [0.5, 0.6) is 0 Å². The van der Waals surface area contributed by atoms with Crippen LogP contribution >= 0.6 is 0 Å². The summed E-state index contributed by atoms with van der Waals surface area (Å²) >= 11 is 0. The lowest BCUT2D eigenvalue weighted by atomic mass is 9.87. The molecule has 0 saturated carbocycles. The van der Waals surface area contributed by atoms with Gasteiger partial charge in [0.05, 0.1) is 18.3 Å². The highest BCUT2D eigenvalue weighted by molar-refractivity contribution is 5.86. The van der Waals surface area contributed by atoms with Gasteiger partial charge in [-0.15, -0.1) is 0 Å². The van der Waals surface area contributed by atoms with Crippen molar-refractivity contribution >= 4 is 5.97 Å². The fourth-order valence-electron chi connectivity index (χ4n) is 1.86. The first-order valence-electron chi connectivity index (χ1n) is 6.21. The summed E-state index contributed by atoms with van der Waals surface area (Å²) in [5.41, 5.74) is 2.74. The number of carboxylic acids is 1. The Balaban J connectivity index is 2.13. The molecule has 0 radical (unpaired) electrons. The lowest BCUT2D eigenvalue weighted by Crippen LogP contribution is -2.11. The Morgan fingerprint density at radius 3 is 2.37 bits per heavy atom. The second kappa shape index (κ2) is 4.88. The Bertz CT molecular complexity index is 577. The second-order valence-corrected chi connectivity index (χ2v) is 5.68. The molecule has 100 valence electrons. The number of nitrogens with zero attached hydrogens (tertiary/aromatic N) is 2. The van der Waals surface area contributed by atoms with Crippen LogP contribution in [-0.2, 0) is 12.0 Å². The molecule has 2 rings (SSSR count). The Labute approximate surface area is 112 Å². The van der Waals surface area contributed by atoms with Crippen molar-refractivity contribution in [2.24, 2.45) is 0 Å². The number of aromatic carboxylic acids is 1. The highest BCUT2D eigenvalue weighted by Crippen LogP contribution is 2.22. The standard InChI is InChI=1S/C15H18N2O2/c1-15(2,3)13-6-4-11(5-7-13)9-17-10-12(8-16-17)14(18)19/h4-8,10H,9H2,1-3H3,(H,18,19).